The van der Waals surface area contributed by atoms with Gasteiger partial charge in [0.25, 0.3) is 0 Å². The molecule has 1 aromatic heterocycles. The van der Waals surface area contributed by atoms with Gasteiger partial charge in [0.1, 0.15) is 10.8 Å². The molecule has 2 aromatic rings. The molecule has 1 heterocycles. The van der Waals surface area contributed by atoms with Crippen LogP contribution < -0.4 is 11.2 Å². The fourth-order valence-electron chi connectivity index (χ4n) is 1.24. The average Bonchev–Trinajstić information content (AvgIpc) is 2.77. The Balaban J connectivity index is 1.84. The van der Waals surface area contributed by atoms with E-state index in [1.807, 2.05) is 0 Å². The fraction of sp³-hybridized carbons (Fsp3) is 0.0909. The first kappa shape index (κ1) is 13.1. The van der Waals surface area contributed by atoms with Crippen LogP contribution in [0.5, 0.6) is 0 Å². The number of hydrogen-bond donors (Lipinski definition) is 2. The molecule has 2 rings (SSSR count). The molecule has 0 saturated carbocycles. The lowest BCUT2D eigenvalue weighted by Gasteiger charge is -1.96. The lowest BCUT2D eigenvalue weighted by molar-refractivity contribution is -0.120. The van der Waals surface area contributed by atoms with Crippen molar-refractivity contribution in [3.8, 4) is 0 Å². The minimum absolute atomic E-state index is 0.0651. The van der Waals surface area contributed by atoms with E-state index in [9.17, 15) is 9.18 Å². The molecule has 6 nitrogen and oxygen atoms in total. The number of nitrogen functional groups attached to an aromatic ring is 1. The topological polar surface area (TPSA) is 93.3 Å². The summed E-state index contributed by atoms with van der Waals surface area (Å²) in [6.45, 7) is 0. The maximum absolute atomic E-state index is 12.6. The van der Waals surface area contributed by atoms with Crippen molar-refractivity contribution in [3.05, 3.63) is 40.7 Å². The zero-order valence-corrected chi connectivity index (χ0v) is 10.5. The summed E-state index contributed by atoms with van der Waals surface area (Å²) in [4.78, 5) is 11.5. The average molecular weight is 279 g/mol. The van der Waals surface area contributed by atoms with Crippen LogP contribution in [0, 0.1) is 5.82 Å². The lowest BCUT2D eigenvalue weighted by atomic mass is 10.2. The molecule has 0 saturated heterocycles. The number of rotatable bonds is 4. The molecule has 0 aliphatic carbocycles. The van der Waals surface area contributed by atoms with Gasteiger partial charge in [-0.05, 0) is 17.7 Å². The van der Waals surface area contributed by atoms with Gasteiger partial charge in [-0.15, -0.1) is 10.2 Å². The van der Waals surface area contributed by atoms with Crippen LogP contribution in [-0.2, 0) is 11.2 Å². The summed E-state index contributed by atoms with van der Waals surface area (Å²) in [5, 5.41) is 11.9. The molecule has 19 heavy (non-hydrogen) atoms. The van der Waals surface area contributed by atoms with Gasteiger partial charge in [-0.25, -0.2) is 9.82 Å². The normalized spacial score (nSPS) is 10.8. The Labute approximate surface area is 112 Å². The van der Waals surface area contributed by atoms with E-state index in [4.69, 9.17) is 5.73 Å². The van der Waals surface area contributed by atoms with Gasteiger partial charge in [0, 0.05) is 0 Å². The number of amides is 1. The summed E-state index contributed by atoms with van der Waals surface area (Å²) in [5.74, 6) is -0.649. The van der Waals surface area contributed by atoms with E-state index in [-0.39, 0.29) is 18.1 Å². The fourth-order valence-corrected chi connectivity index (χ4v) is 1.85. The highest BCUT2D eigenvalue weighted by Crippen LogP contribution is 2.10. The molecule has 0 aliphatic heterocycles. The van der Waals surface area contributed by atoms with Crippen molar-refractivity contribution in [1.82, 2.24) is 15.6 Å². The monoisotopic (exact) mass is 279 g/mol. The predicted molar refractivity (Wildman–Crippen MR) is 70.2 cm³/mol. The van der Waals surface area contributed by atoms with E-state index < -0.39 is 0 Å². The van der Waals surface area contributed by atoms with Crippen LogP contribution in [0.2, 0.25) is 0 Å². The molecule has 0 spiro atoms. The number of nitrogens with two attached hydrogens (primary N) is 1. The third kappa shape index (κ3) is 4.11. The standard InChI is InChI=1S/C11H10FN5OS/c12-8-3-1-7(2-4-8)6-14-15-9(18)5-10-16-17-11(13)19-10/h1-4,6H,5H2,(H2,13,17)(H,15,18)/b14-6+. The van der Waals surface area contributed by atoms with E-state index >= 15 is 0 Å². The summed E-state index contributed by atoms with van der Waals surface area (Å²) >= 11 is 1.15. The zero-order valence-electron chi connectivity index (χ0n) is 9.71. The second kappa shape index (κ2) is 6.01. The summed E-state index contributed by atoms with van der Waals surface area (Å²) in [5.41, 5.74) is 8.42. The number of benzene rings is 1. The number of hydrogen-bond acceptors (Lipinski definition) is 6. The van der Waals surface area contributed by atoms with Gasteiger partial charge >= 0.3 is 0 Å². The van der Waals surface area contributed by atoms with Crippen LogP contribution in [0.1, 0.15) is 10.6 Å². The van der Waals surface area contributed by atoms with Gasteiger partial charge in [-0.1, -0.05) is 23.5 Å². The van der Waals surface area contributed by atoms with Crippen molar-refractivity contribution >= 4 is 28.6 Å². The highest BCUT2D eigenvalue weighted by Gasteiger charge is 2.06. The largest absolute Gasteiger partial charge is 0.374 e. The molecule has 0 fully saturated rings. The second-order valence-corrected chi connectivity index (χ2v) is 4.65. The molecule has 8 heteroatoms. The van der Waals surface area contributed by atoms with Crippen LogP contribution in [0.25, 0.3) is 0 Å². The molecule has 0 radical (unpaired) electrons. The van der Waals surface area contributed by atoms with Crippen molar-refractivity contribution in [2.24, 2.45) is 5.10 Å². The summed E-state index contributed by atoms with van der Waals surface area (Å²) in [6, 6.07) is 5.73. The van der Waals surface area contributed by atoms with Crippen molar-refractivity contribution in [2.45, 2.75) is 6.42 Å². The minimum Gasteiger partial charge on any atom is -0.374 e. The molecule has 3 N–H and O–H groups in total. The van der Waals surface area contributed by atoms with E-state index in [0.717, 1.165) is 11.3 Å². The van der Waals surface area contributed by atoms with E-state index in [1.165, 1.54) is 18.3 Å². The molecule has 98 valence electrons. The number of hydrazone groups is 1. The number of halogens is 1. The molecule has 1 aromatic carbocycles. The van der Waals surface area contributed by atoms with Gasteiger partial charge < -0.3 is 5.73 Å². The van der Waals surface area contributed by atoms with E-state index in [2.05, 4.69) is 20.7 Å². The van der Waals surface area contributed by atoms with Crippen molar-refractivity contribution in [1.29, 1.82) is 0 Å². The summed E-state index contributed by atoms with van der Waals surface area (Å²) in [6.07, 6.45) is 1.49. The van der Waals surface area contributed by atoms with Gasteiger partial charge in [0.15, 0.2) is 0 Å². The van der Waals surface area contributed by atoms with Crippen LogP contribution in [0.3, 0.4) is 0 Å². The predicted octanol–water partition coefficient (Wildman–Crippen LogP) is 0.952. The zero-order chi connectivity index (χ0) is 13.7. The first-order valence-electron chi connectivity index (χ1n) is 5.29. The maximum Gasteiger partial charge on any atom is 0.247 e. The Morgan fingerprint density at radius 2 is 2.16 bits per heavy atom. The minimum atomic E-state index is -0.325. The smallest absolute Gasteiger partial charge is 0.247 e. The van der Waals surface area contributed by atoms with Crippen molar-refractivity contribution in [3.63, 3.8) is 0 Å². The summed E-state index contributed by atoms with van der Waals surface area (Å²) in [7, 11) is 0. The van der Waals surface area contributed by atoms with Crippen molar-refractivity contribution < 1.29 is 9.18 Å². The number of carbonyl (C=O) groups excluding carboxylic acids is 1. The SMILES string of the molecule is Nc1nnc(CC(=O)N/N=C/c2ccc(F)cc2)s1. The molecule has 0 unspecified atom stereocenters. The molecule has 1 amide bonds. The Morgan fingerprint density at radius 3 is 2.79 bits per heavy atom. The quantitative estimate of drug-likeness (QED) is 0.643. The highest BCUT2D eigenvalue weighted by molar-refractivity contribution is 7.15. The Bertz CT molecular complexity index is 595. The van der Waals surface area contributed by atoms with Gasteiger partial charge in [-0.2, -0.15) is 5.10 Å². The number of anilines is 1. The van der Waals surface area contributed by atoms with E-state index in [1.54, 1.807) is 12.1 Å². The number of nitrogens with one attached hydrogen (secondary N) is 1. The number of carbonyl (C=O) groups is 1. The Morgan fingerprint density at radius 1 is 1.42 bits per heavy atom. The molecular weight excluding hydrogens is 269 g/mol. The molecule has 0 atom stereocenters. The van der Waals surface area contributed by atoms with Gasteiger partial charge in [0.2, 0.25) is 11.0 Å². The maximum atomic E-state index is 12.6. The first-order chi connectivity index (χ1) is 9.13. The third-order valence-corrected chi connectivity index (χ3v) is 2.82. The molecule has 0 bridgehead atoms. The molecule has 0 aliphatic rings. The Kier molecular flexibility index (Phi) is 4.14. The lowest BCUT2D eigenvalue weighted by Crippen LogP contribution is -2.19. The van der Waals surface area contributed by atoms with Crippen LogP contribution in [0.4, 0.5) is 9.52 Å². The molecular formula is C11H10FN5OS. The summed E-state index contributed by atoms with van der Waals surface area (Å²) < 4.78 is 12.6. The second-order valence-electron chi connectivity index (χ2n) is 3.56. The number of nitrogens with zero attached hydrogens (tertiary/aromatic N) is 3. The van der Waals surface area contributed by atoms with Crippen molar-refractivity contribution in [2.75, 3.05) is 5.73 Å². The van der Waals surface area contributed by atoms with Crippen LogP contribution in [-0.4, -0.2) is 22.3 Å². The Hall–Kier alpha value is -2.35. The van der Waals surface area contributed by atoms with Gasteiger partial charge in [0.05, 0.1) is 12.6 Å². The van der Waals surface area contributed by atoms with Gasteiger partial charge in [-0.3, -0.25) is 4.79 Å². The number of aromatic nitrogens is 2. The third-order valence-electron chi connectivity index (χ3n) is 2.07. The first-order valence-corrected chi connectivity index (χ1v) is 6.10. The van der Waals surface area contributed by atoms with Crippen LogP contribution >= 0.6 is 11.3 Å². The van der Waals surface area contributed by atoms with Crippen LogP contribution in [0.15, 0.2) is 29.4 Å². The van der Waals surface area contributed by atoms with E-state index in [0.29, 0.717) is 15.7 Å². The highest BCUT2D eigenvalue weighted by atomic mass is 32.1.